The topological polar surface area (TPSA) is 12.0 Å². The summed E-state index contributed by atoms with van der Waals surface area (Å²) in [6.45, 7) is 6.57. The van der Waals surface area contributed by atoms with Gasteiger partial charge < -0.3 is 5.32 Å². The summed E-state index contributed by atoms with van der Waals surface area (Å²) in [6, 6.07) is 0.556. The second-order valence-corrected chi connectivity index (χ2v) is 2.38. The third kappa shape index (κ3) is 2.31. The molecule has 2 unspecified atom stereocenters. The summed E-state index contributed by atoms with van der Waals surface area (Å²) in [5, 5.41) is 2.97. The summed E-state index contributed by atoms with van der Waals surface area (Å²) in [7, 11) is 3.60. The number of hydrogen-bond donors (Lipinski definition) is 1. The second kappa shape index (κ2) is 3.90. The van der Waals surface area contributed by atoms with Gasteiger partial charge in [-0.05, 0) is 12.8 Å². The quantitative estimate of drug-likeness (QED) is 0.590. The minimum absolute atomic E-state index is 0.556. The minimum Gasteiger partial charge on any atom is -0.313 e. The van der Waals surface area contributed by atoms with E-state index in [4.69, 9.17) is 0 Å². The first-order valence-electron chi connectivity index (χ1n) is 3.25. The molecule has 1 nitrogen and oxygen atoms in total. The van der Waals surface area contributed by atoms with E-state index in [0.29, 0.717) is 6.04 Å². The van der Waals surface area contributed by atoms with Crippen LogP contribution in [0.5, 0.6) is 0 Å². The van der Waals surface area contributed by atoms with Crippen molar-refractivity contribution in [1.82, 2.24) is 5.32 Å². The number of nitrogens with one attached hydrogen (secondary N) is 1. The van der Waals surface area contributed by atoms with Gasteiger partial charge in [0.1, 0.15) is 0 Å². The highest BCUT2D eigenvalue weighted by atomic mass is 14.9. The van der Waals surface area contributed by atoms with Crippen LogP contribution >= 0.6 is 0 Å². The smallest absolute Gasteiger partial charge is 0.00794 e. The Labute approximate surface area is 52.5 Å². The summed E-state index contributed by atoms with van der Waals surface area (Å²) in [5.41, 5.74) is 0. The molecule has 0 rings (SSSR count). The lowest BCUT2D eigenvalue weighted by Gasteiger charge is -2.16. The molecule has 0 saturated heterocycles. The fourth-order valence-corrected chi connectivity index (χ4v) is 0.555. The van der Waals surface area contributed by atoms with E-state index in [1.54, 1.807) is 0 Å². The molecule has 0 aromatic carbocycles. The zero-order valence-corrected chi connectivity index (χ0v) is 6.07. The Balaban J connectivity index is 3.29. The molecule has 0 amide bonds. The zero-order chi connectivity index (χ0) is 6.57. The Kier molecular flexibility index (Phi) is 3.88. The molecule has 0 spiro atoms. The predicted molar refractivity (Wildman–Crippen MR) is 37.4 cm³/mol. The van der Waals surface area contributed by atoms with Crippen molar-refractivity contribution in [3.05, 3.63) is 7.05 Å². The molecule has 49 valence electrons. The number of hydrogen-bond acceptors (Lipinski definition) is 1. The van der Waals surface area contributed by atoms with Gasteiger partial charge in [0.2, 0.25) is 0 Å². The summed E-state index contributed by atoms with van der Waals surface area (Å²) < 4.78 is 0. The van der Waals surface area contributed by atoms with Crippen LogP contribution in [-0.4, -0.2) is 6.04 Å². The second-order valence-electron chi connectivity index (χ2n) is 2.38. The van der Waals surface area contributed by atoms with Crippen molar-refractivity contribution >= 4 is 0 Å². The molecule has 0 aliphatic heterocycles. The van der Waals surface area contributed by atoms with Crippen LogP contribution in [0.3, 0.4) is 0 Å². The van der Waals surface area contributed by atoms with E-state index < -0.39 is 0 Å². The van der Waals surface area contributed by atoms with Crippen molar-refractivity contribution < 1.29 is 0 Å². The normalized spacial score (nSPS) is 18.0. The Morgan fingerprint density at radius 1 is 1.50 bits per heavy atom. The van der Waals surface area contributed by atoms with Crippen LogP contribution < -0.4 is 5.32 Å². The average Bonchev–Trinajstić information content (AvgIpc) is 1.84. The minimum atomic E-state index is 0.556. The summed E-state index contributed by atoms with van der Waals surface area (Å²) in [4.78, 5) is 0. The molecule has 0 aromatic heterocycles. The largest absolute Gasteiger partial charge is 0.313 e. The van der Waals surface area contributed by atoms with Gasteiger partial charge in [-0.1, -0.05) is 20.3 Å². The molecule has 1 radical (unpaired) electrons. The Bertz CT molecular complexity index is 44.3. The molecule has 0 aliphatic carbocycles. The lowest BCUT2D eigenvalue weighted by atomic mass is 10.0. The third-order valence-electron chi connectivity index (χ3n) is 1.82. The van der Waals surface area contributed by atoms with Gasteiger partial charge >= 0.3 is 0 Å². The molecule has 2 atom stereocenters. The Hall–Kier alpha value is -0.0400. The van der Waals surface area contributed by atoms with Crippen molar-refractivity contribution in [2.24, 2.45) is 5.92 Å². The highest BCUT2D eigenvalue weighted by molar-refractivity contribution is 4.65. The van der Waals surface area contributed by atoms with Crippen molar-refractivity contribution in [3.8, 4) is 0 Å². The van der Waals surface area contributed by atoms with Gasteiger partial charge in [-0.3, -0.25) is 0 Å². The number of rotatable bonds is 3. The zero-order valence-electron chi connectivity index (χ0n) is 6.07. The van der Waals surface area contributed by atoms with Crippen LogP contribution in [-0.2, 0) is 0 Å². The first-order chi connectivity index (χ1) is 3.72. The lowest BCUT2D eigenvalue weighted by Crippen LogP contribution is -2.26. The maximum Gasteiger partial charge on any atom is 0.00794 e. The summed E-state index contributed by atoms with van der Waals surface area (Å²) in [5.74, 6) is 0.743. The molecule has 0 saturated carbocycles. The Morgan fingerprint density at radius 3 is 2.12 bits per heavy atom. The summed E-state index contributed by atoms with van der Waals surface area (Å²) >= 11 is 0. The lowest BCUT2D eigenvalue weighted by molar-refractivity contribution is 0.425. The molecule has 1 N–H and O–H groups in total. The molecule has 8 heavy (non-hydrogen) atoms. The van der Waals surface area contributed by atoms with Crippen LogP contribution in [0.1, 0.15) is 27.2 Å². The van der Waals surface area contributed by atoms with E-state index in [-0.39, 0.29) is 0 Å². The van der Waals surface area contributed by atoms with E-state index in [1.807, 2.05) is 0 Å². The highest BCUT2D eigenvalue weighted by Crippen LogP contribution is 2.05. The van der Waals surface area contributed by atoms with E-state index in [9.17, 15) is 0 Å². The molecule has 0 bridgehead atoms. The standard InChI is InChI=1S/C7H16N/c1-5-6(2)7(3)8-4/h6-8H,4-5H2,1-3H3. The van der Waals surface area contributed by atoms with Crippen molar-refractivity contribution in [3.63, 3.8) is 0 Å². The third-order valence-corrected chi connectivity index (χ3v) is 1.82. The first-order valence-corrected chi connectivity index (χ1v) is 3.25. The fraction of sp³-hybridized carbons (Fsp3) is 0.857. The predicted octanol–water partition coefficient (Wildman–Crippen LogP) is 1.80. The molecule has 0 aromatic rings. The maximum atomic E-state index is 3.60. The molecule has 0 heterocycles. The van der Waals surface area contributed by atoms with E-state index in [2.05, 4.69) is 33.1 Å². The molecular formula is C7H16N. The van der Waals surface area contributed by atoms with Crippen LogP contribution in [0.15, 0.2) is 0 Å². The van der Waals surface area contributed by atoms with E-state index >= 15 is 0 Å². The van der Waals surface area contributed by atoms with Crippen LogP contribution in [0.2, 0.25) is 0 Å². The molecule has 0 fully saturated rings. The monoisotopic (exact) mass is 114 g/mol. The van der Waals surface area contributed by atoms with Crippen LogP contribution in [0.25, 0.3) is 0 Å². The van der Waals surface area contributed by atoms with Crippen molar-refractivity contribution in [1.29, 1.82) is 0 Å². The molecule has 1 heteroatoms. The first kappa shape index (κ1) is 7.96. The maximum absolute atomic E-state index is 3.60. The average molecular weight is 114 g/mol. The van der Waals surface area contributed by atoms with Gasteiger partial charge in [0.25, 0.3) is 0 Å². The fourth-order valence-electron chi connectivity index (χ4n) is 0.555. The van der Waals surface area contributed by atoms with Gasteiger partial charge in [-0.2, -0.15) is 0 Å². The van der Waals surface area contributed by atoms with Crippen molar-refractivity contribution in [2.75, 3.05) is 0 Å². The molecule has 0 aliphatic rings. The van der Waals surface area contributed by atoms with Crippen LogP contribution in [0.4, 0.5) is 0 Å². The highest BCUT2D eigenvalue weighted by Gasteiger charge is 2.05. The van der Waals surface area contributed by atoms with E-state index in [1.165, 1.54) is 6.42 Å². The van der Waals surface area contributed by atoms with Crippen molar-refractivity contribution in [2.45, 2.75) is 33.2 Å². The van der Waals surface area contributed by atoms with Gasteiger partial charge in [-0.15, -0.1) is 0 Å². The van der Waals surface area contributed by atoms with Gasteiger partial charge in [-0.25, -0.2) is 0 Å². The van der Waals surface area contributed by atoms with Crippen LogP contribution in [0, 0.1) is 13.0 Å². The summed E-state index contributed by atoms with van der Waals surface area (Å²) in [6.07, 6.45) is 1.23. The SMILES string of the molecule is [CH2]NC(C)C(C)CC. The Morgan fingerprint density at radius 2 is 2.00 bits per heavy atom. The van der Waals surface area contributed by atoms with Gasteiger partial charge in [0, 0.05) is 13.1 Å². The van der Waals surface area contributed by atoms with Gasteiger partial charge in [0.05, 0.1) is 0 Å². The van der Waals surface area contributed by atoms with E-state index in [0.717, 1.165) is 5.92 Å². The molecular weight excluding hydrogens is 98.1 g/mol. The van der Waals surface area contributed by atoms with Gasteiger partial charge in [0.15, 0.2) is 0 Å².